The summed E-state index contributed by atoms with van der Waals surface area (Å²) in [6.07, 6.45) is 5.84. The van der Waals surface area contributed by atoms with Crippen LogP contribution in [-0.2, 0) is 23.6 Å². The van der Waals surface area contributed by atoms with Crippen LogP contribution in [0.4, 0.5) is 0 Å². The van der Waals surface area contributed by atoms with E-state index in [1.165, 1.54) is 24.0 Å². The normalized spacial score (nSPS) is 17.2. The first-order chi connectivity index (χ1) is 9.24. The molecule has 0 fully saturated rings. The lowest BCUT2D eigenvalue weighted by Gasteiger charge is -2.16. The Hall–Kier alpha value is -0.670. The minimum Gasteiger partial charge on any atom is -0.313 e. The highest BCUT2D eigenvalue weighted by Crippen LogP contribution is 2.24. The minimum atomic E-state index is -0.871. The van der Waals surface area contributed by atoms with Gasteiger partial charge in [-0.25, -0.2) is 0 Å². The van der Waals surface area contributed by atoms with E-state index >= 15 is 0 Å². The van der Waals surface area contributed by atoms with Gasteiger partial charge in [0.05, 0.1) is 10.8 Å². The van der Waals surface area contributed by atoms with Crippen molar-refractivity contribution in [1.82, 2.24) is 5.32 Å². The highest BCUT2D eigenvalue weighted by molar-refractivity contribution is 7.85. The second kappa shape index (κ2) is 7.20. The first-order valence-corrected chi connectivity index (χ1v) is 8.80. The fourth-order valence-corrected chi connectivity index (χ4v) is 4.19. The molecule has 1 N–H and O–H groups in total. The first-order valence-electron chi connectivity index (χ1n) is 7.48. The van der Waals surface area contributed by atoms with Crippen LogP contribution in [0, 0.1) is 0 Å². The number of nitrogens with one attached hydrogen (secondary N) is 1. The second-order valence-electron chi connectivity index (χ2n) is 5.34. The van der Waals surface area contributed by atoms with E-state index in [4.69, 9.17) is 0 Å². The van der Waals surface area contributed by atoms with Crippen LogP contribution in [0.2, 0.25) is 0 Å². The average molecular weight is 279 g/mol. The fourth-order valence-electron chi connectivity index (χ4n) is 2.85. The fraction of sp³-hybridized carbons (Fsp3) is 0.625. The summed E-state index contributed by atoms with van der Waals surface area (Å²) >= 11 is 0. The van der Waals surface area contributed by atoms with Gasteiger partial charge in [-0.05, 0) is 55.5 Å². The van der Waals surface area contributed by atoms with Crippen molar-refractivity contribution in [2.24, 2.45) is 0 Å². The Morgan fingerprint density at radius 1 is 1.26 bits per heavy atom. The summed E-state index contributed by atoms with van der Waals surface area (Å²) in [6, 6.07) is 6.80. The number of hydrogen-bond donors (Lipinski definition) is 1. The number of fused-ring (bicyclic) bond motifs is 1. The van der Waals surface area contributed by atoms with Crippen LogP contribution in [0.1, 0.15) is 44.2 Å². The lowest BCUT2D eigenvalue weighted by atomic mass is 10.1. The summed E-state index contributed by atoms with van der Waals surface area (Å²) < 4.78 is 12.5. The van der Waals surface area contributed by atoms with Gasteiger partial charge in [0.15, 0.2) is 0 Å². The topological polar surface area (TPSA) is 29.1 Å². The molecule has 0 spiro atoms. The third kappa shape index (κ3) is 3.90. The Morgan fingerprint density at radius 2 is 2.05 bits per heavy atom. The largest absolute Gasteiger partial charge is 0.313 e. The van der Waals surface area contributed by atoms with Crippen LogP contribution in [0.5, 0.6) is 0 Å². The van der Waals surface area contributed by atoms with Gasteiger partial charge in [-0.3, -0.25) is 4.21 Å². The maximum atomic E-state index is 12.5. The van der Waals surface area contributed by atoms with Gasteiger partial charge in [-0.1, -0.05) is 26.3 Å². The van der Waals surface area contributed by atoms with E-state index in [1.807, 2.05) is 0 Å². The molecule has 0 bridgehead atoms. The molecule has 0 heterocycles. The van der Waals surface area contributed by atoms with Crippen LogP contribution in [0.15, 0.2) is 23.1 Å². The Kier molecular flexibility index (Phi) is 5.59. The van der Waals surface area contributed by atoms with Crippen LogP contribution < -0.4 is 5.32 Å². The van der Waals surface area contributed by atoms with Crippen molar-refractivity contribution in [2.75, 3.05) is 12.3 Å². The number of aryl methyl sites for hydroxylation is 2. The third-order valence-electron chi connectivity index (χ3n) is 3.82. The molecule has 19 heavy (non-hydrogen) atoms. The van der Waals surface area contributed by atoms with Crippen molar-refractivity contribution in [1.29, 1.82) is 0 Å². The van der Waals surface area contributed by atoms with Crippen molar-refractivity contribution >= 4 is 10.8 Å². The van der Waals surface area contributed by atoms with Crippen molar-refractivity contribution in [3.05, 3.63) is 29.3 Å². The molecule has 0 saturated heterocycles. The molecule has 1 aromatic rings. The van der Waals surface area contributed by atoms with Gasteiger partial charge in [-0.2, -0.15) is 0 Å². The summed E-state index contributed by atoms with van der Waals surface area (Å²) in [7, 11) is -0.871. The third-order valence-corrected chi connectivity index (χ3v) is 5.30. The zero-order valence-corrected chi connectivity index (χ0v) is 12.9. The molecule has 1 aliphatic rings. The Balaban J connectivity index is 2.02. The van der Waals surface area contributed by atoms with Crippen molar-refractivity contribution in [3.63, 3.8) is 0 Å². The van der Waals surface area contributed by atoms with Gasteiger partial charge >= 0.3 is 0 Å². The van der Waals surface area contributed by atoms with Crippen molar-refractivity contribution in [3.8, 4) is 0 Å². The van der Waals surface area contributed by atoms with Crippen molar-refractivity contribution < 1.29 is 4.21 Å². The summed E-state index contributed by atoms with van der Waals surface area (Å²) in [5.74, 6) is 0.737. The molecule has 0 saturated carbocycles. The molecule has 0 amide bonds. The molecule has 2 rings (SSSR count). The highest BCUT2D eigenvalue weighted by atomic mass is 32.2. The molecular formula is C16H25NOS. The van der Waals surface area contributed by atoms with E-state index in [1.54, 1.807) is 0 Å². The maximum Gasteiger partial charge on any atom is 0.0545 e. The predicted octanol–water partition coefficient (Wildman–Crippen LogP) is 3.06. The lowest BCUT2D eigenvalue weighted by molar-refractivity contribution is 0.525. The predicted molar refractivity (Wildman–Crippen MR) is 82.1 cm³/mol. The van der Waals surface area contributed by atoms with E-state index in [0.29, 0.717) is 6.04 Å². The van der Waals surface area contributed by atoms with E-state index in [2.05, 4.69) is 37.4 Å². The first kappa shape index (κ1) is 14.7. The number of benzene rings is 1. The molecule has 0 radical (unpaired) electrons. The van der Waals surface area contributed by atoms with E-state index in [9.17, 15) is 4.21 Å². The number of rotatable bonds is 7. The Bertz CT molecular complexity index is 438. The molecule has 106 valence electrons. The summed E-state index contributed by atoms with van der Waals surface area (Å²) in [6.45, 7) is 5.25. The van der Waals surface area contributed by atoms with Crippen LogP contribution >= 0.6 is 0 Å². The molecule has 2 atom stereocenters. The lowest BCUT2D eigenvalue weighted by Crippen LogP contribution is -2.33. The Morgan fingerprint density at radius 3 is 2.79 bits per heavy atom. The van der Waals surface area contributed by atoms with E-state index in [-0.39, 0.29) is 0 Å². The molecule has 1 aromatic carbocycles. The van der Waals surface area contributed by atoms with Crippen LogP contribution in [0.3, 0.4) is 0 Å². The van der Waals surface area contributed by atoms with Gasteiger partial charge < -0.3 is 5.32 Å². The minimum absolute atomic E-state index is 0.379. The average Bonchev–Trinajstić information content (AvgIpc) is 2.86. The molecule has 1 aliphatic carbocycles. The summed E-state index contributed by atoms with van der Waals surface area (Å²) in [5.41, 5.74) is 2.87. The van der Waals surface area contributed by atoms with Crippen LogP contribution in [-0.4, -0.2) is 22.5 Å². The monoisotopic (exact) mass is 279 g/mol. The van der Waals surface area contributed by atoms with Gasteiger partial charge in [0.1, 0.15) is 0 Å². The summed E-state index contributed by atoms with van der Waals surface area (Å²) in [4.78, 5) is 1.01. The SMILES string of the molecule is CCCC(CS(=O)c1ccc2c(c1)CCC2)NCC. The molecule has 2 nitrogen and oxygen atoms in total. The van der Waals surface area contributed by atoms with Gasteiger partial charge in [0, 0.05) is 16.7 Å². The van der Waals surface area contributed by atoms with Gasteiger partial charge in [-0.15, -0.1) is 0 Å². The molecule has 2 unspecified atom stereocenters. The molecule has 0 aliphatic heterocycles. The zero-order valence-electron chi connectivity index (χ0n) is 12.1. The van der Waals surface area contributed by atoms with Gasteiger partial charge in [0.2, 0.25) is 0 Å². The van der Waals surface area contributed by atoms with E-state index in [0.717, 1.165) is 36.5 Å². The standard InChI is InChI=1S/C16H25NOS/c1-3-6-15(17-4-2)12-19(18)16-10-9-13-7-5-8-14(13)11-16/h9-11,15,17H,3-8,12H2,1-2H3. The molecule has 0 aromatic heterocycles. The molecular weight excluding hydrogens is 254 g/mol. The van der Waals surface area contributed by atoms with Crippen molar-refractivity contribution in [2.45, 2.75) is 56.9 Å². The highest BCUT2D eigenvalue weighted by Gasteiger charge is 2.16. The smallest absolute Gasteiger partial charge is 0.0545 e. The molecule has 3 heteroatoms. The zero-order chi connectivity index (χ0) is 13.7. The van der Waals surface area contributed by atoms with Crippen LogP contribution in [0.25, 0.3) is 0 Å². The maximum absolute atomic E-state index is 12.5. The Labute approximate surface area is 119 Å². The van der Waals surface area contributed by atoms with E-state index < -0.39 is 10.8 Å². The number of hydrogen-bond acceptors (Lipinski definition) is 2. The second-order valence-corrected chi connectivity index (χ2v) is 6.84. The van der Waals surface area contributed by atoms with Gasteiger partial charge in [0.25, 0.3) is 0 Å². The quantitative estimate of drug-likeness (QED) is 0.831. The summed E-state index contributed by atoms with van der Waals surface area (Å²) in [5, 5.41) is 3.44.